The van der Waals surface area contributed by atoms with Crippen molar-refractivity contribution in [2.45, 2.75) is 38.8 Å². The number of pyridine rings is 1. The lowest BCUT2D eigenvalue weighted by atomic mass is 10.0. The van der Waals surface area contributed by atoms with E-state index < -0.39 is 23.7 Å². The molecule has 1 heterocycles. The summed E-state index contributed by atoms with van der Waals surface area (Å²) in [6.07, 6.45) is 1.25. The van der Waals surface area contributed by atoms with Crippen molar-refractivity contribution < 1.29 is 19.1 Å². The van der Waals surface area contributed by atoms with Crippen molar-refractivity contribution >= 4 is 12.1 Å². The molecular formula is C21H26N2O5. The minimum atomic E-state index is -0.879. The Morgan fingerprint density at radius 3 is 2.36 bits per heavy atom. The molecule has 0 aliphatic heterocycles. The van der Waals surface area contributed by atoms with E-state index >= 15 is 0 Å². The fraction of sp³-hybridized carbons (Fsp3) is 0.381. The summed E-state index contributed by atoms with van der Waals surface area (Å²) in [6.45, 7) is 5.23. The Kier molecular flexibility index (Phi) is 6.62. The van der Waals surface area contributed by atoms with Gasteiger partial charge in [0.05, 0.1) is 7.11 Å². The topological polar surface area (TPSA) is 86.6 Å². The summed E-state index contributed by atoms with van der Waals surface area (Å²) >= 11 is 0. The van der Waals surface area contributed by atoms with Crippen LogP contribution in [0, 0.1) is 0 Å². The molecule has 2 rings (SSSR count). The van der Waals surface area contributed by atoms with Crippen LogP contribution in [0.2, 0.25) is 0 Å². The number of aryl methyl sites for hydroxylation is 1. The first-order valence-corrected chi connectivity index (χ1v) is 8.93. The molecule has 0 saturated carbocycles. The molecule has 0 aliphatic carbocycles. The smallest absolute Gasteiger partial charge is 0.408 e. The largest absolute Gasteiger partial charge is 0.467 e. The Bertz CT molecular complexity index is 894. The third-order valence-corrected chi connectivity index (χ3v) is 4.00. The van der Waals surface area contributed by atoms with Crippen LogP contribution in [0.15, 0.2) is 47.4 Å². The van der Waals surface area contributed by atoms with Gasteiger partial charge in [-0.1, -0.05) is 24.3 Å². The number of nitrogens with zero attached hydrogens (tertiary/aromatic N) is 1. The number of esters is 1. The maximum atomic E-state index is 12.2. The van der Waals surface area contributed by atoms with Crippen molar-refractivity contribution in [1.82, 2.24) is 9.88 Å². The van der Waals surface area contributed by atoms with Gasteiger partial charge in [-0.15, -0.1) is 0 Å². The highest BCUT2D eigenvalue weighted by Crippen LogP contribution is 2.17. The average Bonchev–Trinajstić information content (AvgIpc) is 2.62. The van der Waals surface area contributed by atoms with Gasteiger partial charge in [-0.3, -0.25) is 4.79 Å². The third-order valence-electron chi connectivity index (χ3n) is 4.00. The number of methoxy groups -OCH3 is 1. The Balaban J connectivity index is 2.16. The van der Waals surface area contributed by atoms with Crippen LogP contribution in [0.3, 0.4) is 0 Å². The van der Waals surface area contributed by atoms with Crippen LogP contribution in [0.1, 0.15) is 26.3 Å². The molecule has 1 unspecified atom stereocenters. The molecule has 0 bridgehead atoms. The highest BCUT2D eigenvalue weighted by molar-refractivity contribution is 5.81. The molecule has 2 aromatic rings. The number of nitrogens with one attached hydrogen (secondary N) is 1. The summed E-state index contributed by atoms with van der Waals surface area (Å²) < 4.78 is 11.5. The number of hydrogen-bond donors (Lipinski definition) is 1. The number of amides is 1. The number of hydrogen-bond acceptors (Lipinski definition) is 5. The van der Waals surface area contributed by atoms with Crippen LogP contribution in [0.25, 0.3) is 11.1 Å². The molecule has 0 fully saturated rings. The molecule has 1 N–H and O–H groups in total. The molecular weight excluding hydrogens is 360 g/mol. The monoisotopic (exact) mass is 386 g/mol. The van der Waals surface area contributed by atoms with E-state index in [1.165, 1.54) is 11.7 Å². The molecule has 0 radical (unpaired) electrons. The Morgan fingerprint density at radius 1 is 1.14 bits per heavy atom. The van der Waals surface area contributed by atoms with E-state index in [4.69, 9.17) is 9.47 Å². The van der Waals surface area contributed by atoms with E-state index in [0.29, 0.717) is 5.56 Å². The fourth-order valence-corrected chi connectivity index (χ4v) is 2.66. The zero-order valence-electron chi connectivity index (χ0n) is 16.8. The first kappa shape index (κ1) is 21.2. The zero-order valence-corrected chi connectivity index (χ0v) is 16.8. The molecule has 1 aromatic carbocycles. The van der Waals surface area contributed by atoms with Crippen molar-refractivity contribution in [2.24, 2.45) is 7.05 Å². The van der Waals surface area contributed by atoms with Gasteiger partial charge in [-0.05, 0) is 44.0 Å². The lowest BCUT2D eigenvalue weighted by molar-refractivity contribution is -0.143. The minimum Gasteiger partial charge on any atom is -0.467 e. The summed E-state index contributed by atoms with van der Waals surface area (Å²) in [6, 6.07) is 9.95. The predicted octanol–water partition coefficient (Wildman–Crippen LogP) is 2.66. The Hall–Kier alpha value is -3.09. The van der Waals surface area contributed by atoms with Gasteiger partial charge < -0.3 is 19.4 Å². The van der Waals surface area contributed by atoms with Crippen molar-refractivity contribution in [2.75, 3.05) is 7.11 Å². The molecule has 7 heteroatoms. The van der Waals surface area contributed by atoms with E-state index in [-0.39, 0.29) is 12.0 Å². The van der Waals surface area contributed by atoms with E-state index in [9.17, 15) is 14.4 Å². The number of carbonyl (C=O) groups is 2. The van der Waals surface area contributed by atoms with Gasteiger partial charge in [0.25, 0.3) is 5.56 Å². The van der Waals surface area contributed by atoms with Crippen LogP contribution < -0.4 is 10.9 Å². The lowest BCUT2D eigenvalue weighted by Crippen LogP contribution is -2.45. The summed E-state index contributed by atoms with van der Waals surface area (Å²) in [5.74, 6) is -0.563. The summed E-state index contributed by atoms with van der Waals surface area (Å²) in [5, 5.41) is 2.55. The normalized spacial score (nSPS) is 12.2. The van der Waals surface area contributed by atoms with Gasteiger partial charge in [0, 0.05) is 25.2 Å². The quantitative estimate of drug-likeness (QED) is 0.799. The van der Waals surface area contributed by atoms with Gasteiger partial charge in [0.15, 0.2) is 0 Å². The molecule has 7 nitrogen and oxygen atoms in total. The fourth-order valence-electron chi connectivity index (χ4n) is 2.66. The van der Waals surface area contributed by atoms with Crippen molar-refractivity contribution in [1.29, 1.82) is 0 Å². The minimum absolute atomic E-state index is 0.0886. The van der Waals surface area contributed by atoms with Gasteiger partial charge in [-0.25, -0.2) is 9.59 Å². The van der Waals surface area contributed by atoms with Gasteiger partial charge in [0.1, 0.15) is 11.6 Å². The number of ether oxygens (including phenoxy) is 2. The van der Waals surface area contributed by atoms with E-state index in [1.54, 1.807) is 40.1 Å². The van der Waals surface area contributed by atoms with Crippen LogP contribution in [-0.2, 0) is 27.7 Å². The number of benzene rings is 1. The SMILES string of the molecule is COC(=O)C(Cc1ccc(-c2cccn(C)c2=O)cc1)NC(=O)OC(C)(C)C. The van der Waals surface area contributed by atoms with E-state index in [1.807, 2.05) is 30.3 Å². The third kappa shape index (κ3) is 5.70. The van der Waals surface area contributed by atoms with Gasteiger partial charge in [-0.2, -0.15) is 0 Å². The summed E-state index contributed by atoms with van der Waals surface area (Å²) in [5.41, 5.74) is 1.42. The standard InChI is InChI=1S/C21H26N2O5/c1-21(2,3)28-20(26)22-17(19(25)27-5)13-14-8-10-15(11-9-14)16-7-6-12-23(4)18(16)24/h6-12,17H,13H2,1-5H3,(H,22,26). The molecule has 1 aromatic heterocycles. The molecule has 0 saturated heterocycles. The molecule has 0 spiro atoms. The lowest BCUT2D eigenvalue weighted by Gasteiger charge is -2.22. The summed E-state index contributed by atoms with van der Waals surface area (Å²) in [4.78, 5) is 36.3. The van der Waals surface area contributed by atoms with E-state index in [0.717, 1.165) is 11.1 Å². The molecule has 150 valence electrons. The number of aromatic nitrogens is 1. The van der Waals surface area contributed by atoms with Crippen LogP contribution in [0.5, 0.6) is 0 Å². The Morgan fingerprint density at radius 2 is 1.79 bits per heavy atom. The predicted molar refractivity (Wildman–Crippen MR) is 106 cm³/mol. The van der Waals surface area contributed by atoms with Gasteiger partial charge in [0.2, 0.25) is 0 Å². The van der Waals surface area contributed by atoms with Crippen LogP contribution >= 0.6 is 0 Å². The van der Waals surface area contributed by atoms with E-state index in [2.05, 4.69) is 5.32 Å². The average molecular weight is 386 g/mol. The maximum absolute atomic E-state index is 12.2. The Labute approximate surface area is 164 Å². The highest BCUT2D eigenvalue weighted by Gasteiger charge is 2.25. The molecule has 0 aliphatic rings. The molecule has 1 atom stereocenters. The van der Waals surface area contributed by atoms with Gasteiger partial charge >= 0.3 is 12.1 Å². The first-order chi connectivity index (χ1) is 13.1. The summed E-state index contributed by atoms with van der Waals surface area (Å²) in [7, 11) is 2.96. The van der Waals surface area contributed by atoms with Crippen molar-refractivity contribution in [3.8, 4) is 11.1 Å². The second-order valence-corrected chi connectivity index (χ2v) is 7.46. The first-order valence-electron chi connectivity index (χ1n) is 8.93. The zero-order chi connectivity index (χ0) is 20.9. The second-order valence-electron chi connectivity index (χ2n) is 7.46. The number of carbonyl (C=O) groups excluding carboxylic acids is 2. The maximum Gasteiger partial charge on any atom is 0.408 e. The van der Waals surface area contributed by atoms with Crippen molar-refractivity contribution in [3.05, 3.63) is 58.5 Å². The molecule has 28 heavy (non-hydrogen) atoms. The van der Waals surface area contributed by atoms with Crippen LogP contribution in [-0.4, -0.2) is 35.4 Å². The second kappa shape index (κ2) is 8.73. The molecule has 1 amide bonds. The number of rotatable bonds is 5. The van der Waals surface area contributed by atoms with Crippen molar-refractivity contribution in [3.63, 3.8) is 0 Å². The van der Waals surface area contributed by atoms with Crippen LogP contribution in [0.4, 0.5) is 4.79 Å². The number of alkyl carbamates (subject to hydrolysis) is 1. The highest BCUT2D eigenvalue weighted by atomic mass is 16.6.